The smallest absolute Gasteiger partial charge is 0.215 e. The van der Waals surface area contributed by atoms with Gasteiger partial charge in [0.1, 0.15) is 5.82 Å². The summed E-state index contributed by atoms with van der Waals surface area (Å²) in [4.78, 5) is 4.26. The van der Waals surface area contributed by atoms with E-state index in [2.05, 4.69) is 15.7 Å². The van der Waals surface area contributed by atoms with Crippen molar-refractivity contribution in [3.8, 4) is 0 Å². The SMILES string of the molecule is Cc1ccc(F)cc1N=C(NN)Nc1ccccc1. The molecule has 0 amide bonds. The highest BCUT2D eigenvalue weighted by molar-refractivity contribution is 5.95. The summed E-state index contributed by atoms with van der Waals surface area (Å²) in [6.45, 7) is 1.86. The maximum Gasteiger partial charge on any atom is 0.215 e. The van der Waals surface area contributed by atoms with Gasteiger partial charge in [-0.3, -0.25) is 5.43 Å². The number of rotatable bonds is 2. The normalized spacial score (nSPS) is 11.2. The molecule has 4 nitrogen and oxygen atoms in total. The second-order valence-corrected chi connectivity index (χ2v) is 4.03. The van der Waals surface area contributed by atoms with Crippen molar-refractivity contribution < 1.29 is 4.39 Å². The highest BCUT2D eigenvalue weighted by atomic mass is 19.1. The van der Waals surface area contributed by atoms with E-state index in [0.29, 0.717) is 11.6 Å². The van der Waals surface area contributed by atoms with Gasteiger partial charge in [-0.15, -0.1) is 0 Å². The van der Waals surface area contributed by atoms with Crippen LogP contribution in [0.15, 0.2) is 53.5 Å². The number of hydrazine groups is 1. The van der Waals surface area contributed by atoms with Crippen molar-refractivity contribution in [2.75, 3.05) is 5.32 Å². The van der Waals surface area contributed by atoms with E-state index in [1.807, 2.05) is 37.3 Å². The van der Waals surface area contributed by atoms with Crippen molar-refractivity contribution in [2.45, 2.75) is 6.92 Å². The molecular weight excluding hydrogens is 243 g/mol. The van der Waals surface area contributed by atoms with E-state index in [1.165, 1.54) is 12.1 Å². The maximum absolute atomic E-state index is 13.2. The van der Waals surface area contributed by atoms with Crippen LogP contribution >= 0.6 is 0 Å². The zero-order chi connectivity index (χ0) is 13.7. The Kier molecular flexibility index (Phi) is 4.10. The Morgan fingerprint density at radius 1 is 1.16 bits per heavy atom. The van der Waals surface area contributed by atoms with Crippen LogP contribution in [0.25, 0.3) is 0 Å². The summed E-state index contributed by atoms with van der Waals surface area (Å²) in [6.07, 6.45) is 0. The third-order valence-corrected chi connectivity index (χ3v) is 2.58. The van der Waals surface area contributed by atoms with Gasteiger partial charge in [-0.2, -0.15) is 0 Å². The molecule has 0 aliphatic carbocycles. The highest BCUT2D eigenvalue weighted by Crippen LogP contribution is 2.19. The molecule has 0 bridgehead atoms. The van der Waals surface area contributed by atoms with Crippen LogP contribution in [0.5, 0.6) is 0 Å². The number of halogens is 1. The molecule has 5 heteroatoms. The van der Waals surface area contributed by atoms with Crippen LogP contribution in [-0.2, 0) is 0 Å². The first-order valence-corrected chi connectivity index (χ1v) is 5.82. The number of guanidine groups is 1. The number of anilines is 1. The molecule has 2 aromatic rings. The van der Waals surface area contributed by atoms with Gasteiger partial charge in [-0.1, -0.05) is 24.3 Å². The van der Waals surface area contributed by atoms with Crippen LogP contribution in [0.2, 0.25) is 0 Å². The molecule has 0 atom stereocenters. The van der Waals surface area contributed by atoms with Crippen molar-refractivity contribution >= 4 is 17.3 Å². The summed E-state index contributed by atoms with van der Waals surface area (Å²) < 4.78 is 13.2. The summed E-state index contributed by atoms with van der Waals surface area (Å²) >= 11 is 0. The lowest BCUT2D eigenvalue weighted by atomic mass is 10.2. The lowest BCUT2D eigenvalue weighted by Gasteiger charge is -2.09. The number of nitrogens with one attached hydrogen (secondary N) is 2. The first kappa shape index (κ1) is 13.0. The first-order chi connectivity index (χ1) is 9.19. The van der Waals surface area contributed by atoms with E-state index in [4.69, 9.17) is 5.84 Å². The summed E-state index contributed by atoms with van der Waals surface area (Å²) in [5.74, 6) is 5.43. The Balaban J connectivity index is 2.26. The van der Waals surface area contributed by atoms with E-state index in [0.717, 1.165) is 11.3 Å². The largest absolute Gasteiger partial charge is 0.325 e. The van der Waals surface area contributed by atoms with Crippen LogP contribution in [-0.4, -0.2) is 5.96 Å². The highest BCUT2D eigenvalue weighted by Gasteiger charge is 2.02. The minimum atomic E-state index is -0.333. The van der Waals surface area contributed by atoms with E-state index < -0.39 is 0 Å². The van der Waals surface area contributed by atoms with Gasteiger partial charge in [0.05, 0.1) is 5.69 Å². The third kappa shape index (κ3) is 3.53. The second kappa shape index (κ2) is 5.97. The first-order valence-electron chi connectivity index (χ1n) is 5.82. The Bertz CT molecular complexity index is 581. The molecule has 2 aromatic carbocycles. The molecule has 0 aliphatic rings. The molecule has 4 N–H and O–H groups in total. The van der Waals surface area contributed by atoms with E-state index in [-0.39, 0.29) is 5.82 Å². The van der Waals surface area contributed by atoms with Crippen molar-refractivity contribution in [3.63, 3.8) is 0 Å². The molecule has 19 heavy (non-hydrogen) atoms. The van der Waals surface area contributed by atoms with Crippen LogP contribution in [0.4, 0.5) is 15.8 Å². The van der Waals surface area contributed by atoms with E-state index in [1.54, 1.807) is 6.07 Å². The average Bonchev–Trinajstić information content (AvgIpc) is 2.43. The second-order valence-electron chi connectivity index (χ2n) is 4.03. The number of benzene rings is 2. The minimum Gasteiger partial charge on any atom is -0.325 e. The van der Waals surface area contributed by atoms with Gasteiger partial charge in [0.15, 0.2) is 0 Å². The number of nitrogens with zero attached hydrogens (tertiary/aromatic N) is 1. The third-order valence-electron chi connectivity index (χ3n) is 2.58. The monoisotopic (exact) mass is 258 g/mol. The maximum atomic E-state index is 13.2. The summed E-state index contributed by atoms with van der Waals surface area (Å²) in [6, 6.07) is 13.9. The number of para-hydroxylation sites is 1. The van der Waals surface area contributed by atoms with E-state index in [9.17, 15) is 4.39 Å². The van der Waals surface area contributed by atoms with Gasteiger partial charge in [-0.25, -0.2) is 15.2 Å². The van der Waals surface area contributed by atoms with Gasteiger partial charge in [0.2, 0.25) is 5.96 Å². The molecular formula is C14H15FN4. The molecule has 0 unspecified atom stereocenters. The van der Waals surface area contributed by atoms with Gasteiger partial charge in [-0.05, 0) is 36.8 Å². The lowest BCUT2D eigenvalue weighted by molar-refractivity contribution is 0.628. The van der Waals surface area contributed by atoms with Crippen molar-refractivity contribution in [1.82, 2.24) is 5.43 Å². The van der Waals surface area contributed by atoms with Crippen molar-refractivity contribution in [3.05, 3.63) is 59.9 Å². The quantitative estimate of drug-likeness (QED) is 0.336. The van der Waals surface area contributed by atoms with Gasteiger partial charge < -0.3 is 5.32 Å². The fourth-order valence-electron chi connectivity index (χ4n) is 1.58. The molecule has 98 valence electrons. The predicted octanol–water partition coefficient (Wildman–Crippen LogP) is 2.70. The fraction of sp³-hybridized carbons (Fsp3) is 0.0714. The van der Waals surface area contributed by atoms with Crippen LogP contribution in [0.3, 0.4) is 0 Å². The number of nitrogens with two attached hydrogens (primary N) is 1. The fourth-order valence-corrected chi connectivity index (χ4v) is 1.58. The molecule has 0 radical (unpaired) electrons. The van der Waals surface area contributed by atoms with Gasteiger partial charge >= 0.3 is 0 Å². The topological polar surface area (TPSA) is 62.4 Å². The molecule has 0 saturated carbocycles. The average molecular weight is 258 g/mol. The number of aryl methyl sites for hydroxylation is 1. The molecule has 0 aliphatic heterocycles. The number of aliphatic imine (C=N–C) groups is 1. The number of hydrogen-bond acceptors (Lipinski definition) is 2. The Labute approximate surface area is 111 Å². The number of hydrogen-bond donors (Lipinski definition) is 3. The summed E-state index contributed by atoms with van der Waals surface area (Å²) in [5.41, 5.74) is 4.69. The molecule has 0 saturated heterocycles. The molecule has 2 rings (SSSR count). The van der Waals surface area contributed by atoms with Crippen molar-refractivity contribution in [1.29, 1.82) is 0 Å². The van der Waals surface area contributed by atoms with Crippen LogP contribution < -0.4 is 16.6 Å². The summed E-state index contributed by atoms with van der Waals surface area (Å²) in [5, 5.41) is 3.02. The molecule has 0 aromatic heterocycles. The van der Waals surface area contributed by atoms with Gasteiger partial charge in [0.25, 0.3) is 0 Å². The zero-order valence-electron chi connectivity index (χ0n) is 10.5. The van der Waals surface area contributed by atoms with Crippen molar-refractivity contribution in [2.24, 2.45) is 10.8 Å². The Hall–Kier alpha value is -2.40. The zero-order valence-corrected chi connectivity index (χ0v) is 10.5. The van der Waals surface area contributed by atoms with Gasteiger partial charge in [0, 0.05) is 5.69 Å². The predicted molar refractivity (Wildman–Crippen MR) is 75.6 cm³/mol. The molecule has 0 heterocycles. The molecule has 0 fully saturated rings. The Morgan fingerprint density at radius 3 is 2.58 bits per heavy atom. The molecule has 0 spiro atoms. The van der Waals surface area contributed by atoms with Crippen LogP contribution in [0.1, 0.15) is 5.56 Å². The summed E-state index contributed by atoms with van der Waals surface area (Å²) in [7, 11) is 0. The van der Waals surface area contributed by atoms with E-state index >= 15 is 0 Å². The van der Waals surface area contributed by atoms with Crippen LogP contribution in [0, 0.1) is 12.7 Å². The Morgan fingerprint density at radius 2 is 1.89 bits per heavy atom. The minimum absolute atomic E-state index is 0.333. The lowest BCUT2D eigenvalue weighted by Crippen LogP contribution is -2.36. The standard InChI is InChI=1S/C14H15FN4/c1-10-7-8-11(15)9-13(10)18-14(19-16)17-12-5-3-2-4-6-12/h2-9H,16H2,1H3,(H2,17,18,19).